The Morgan fingerprint density at radius 1 is 1.23 bits per heavy atom. The van der Waals surface area contributed by atoms with Crippen molar-refractivity contribution in [3.63, 3.8) is 0 Å². The van der Waals surface area contributed by atoms with Gasteiger partial charge in [-0.05, 0) is 30.3 Å². The Kier molecular flexibility index (Phi) is 4.03. The van der Waals surface area contributed by atoms with Crippen LogP contribution in [0.2, 0.25) is 5.02 Å². The molecule has 6 heteroatoms. The molecule has 1 amide bonds. The van der Waals surface area contributed by atoms with Crippen LogP contribution in [0.15, 0.2) is 36.5 Å². The largest absolute Gasteiger partial charge is 0.367 e. The van der Waals surface area contributed by atoms with E-state index in [0.717, 1.165) is 18.8 Å². The Balaban J connectivity index is 1.67. The predicted molar refractivity (Wildman–Crippen MR) is 85.1 cm³/mol. The molecule has 1 aliphatic heterocycles. The van der Waals surface area contributed by atoms with E-state index in [9.17, 15) is 4.79 Å². The summed E-state index contributed by atoms with van der Waals surface area (Å²) in [4.78, 5) is 19.2. The van der Waals surface area contributed by atoms with Crippen molar-refractivity contribution >= 4 is 23.2 Å². The zero-order valence-corrected chi connectivity index (χ0v) is 12.7. The summed E-state index contributed by atoms with van der Waals surface area (Å²) in [5.41, 5.74) is 2.08. The lowest BCUT2D eigenvalue weighted by atomic mass is 10.2. The van der Waals surface area contributed by atoms with E-state index in [0.29, 0.717) is 29.4 Å². The highest BCUT2D eigenvalue weighted by atomic mass is 35.5. The van der Waals surface area contributed by atoms with Gasteiger partial charge in [-0.3, -0.25) is 4.79 Å². The van der Waals surface area contributed by atoms with Crippen molar-refractivity contribution < 1.29 is 4.79 Å². The van der Waals surface area contributed by atoms with E-state index in [1.54, 1.807) is 24.4 Å². The molecule has 0 atom stereocenters. The third-order valence-electron chi connectivity index (χ3n) is 3.81. The quantitative estimate of drug-likeness (QED) is 0.926. The van der Waals surface area contributed by atoms with Crippen LogP contribution in [0.25, 0.3) is 0 Å². The molecule has 112 valence electrons. The number of benzene rings is 1. The number of halogens is 1. The van der Waals surface area contributed by atoms with Crippen LogP contribution in [-0.2, 0) is 0 Å². The summed E-state index contributed by atoms with van der Waals surface area (Å²) in [6.07, 6.45) is 1.75. The minimum Gasteiger partial charge on any atom is -0.367 e. The van der Waals surface area contributed by atoms with E-state index >= 15 is 0 Å². The van der Waals surface area contributed by atoms with E-state index in [1.807, 2.05) is 17.0 Å². The molecule has 1 aliphatic rings. The standard InChI is InChI=1S/C16H15ClN4O/c17-13-10-12(11-18)3-4-15(13)20-6-8-21(9-7-20)16(22)14-2-1-5-19-14/h1-5,10,19H,6-9H2. The molecule has 3 rings (SSSR count). The lowest BCUT2D eigenvalue weighted by Gasteiger charge is -2.36. The number of nitrogens with one attached hydrogen (secondary N) is 1. The molecule has 0 aliphatic carbocycles. The van der Waals surface area contributed by atoms with Crippen LogP contribution >= 0.6 is 11.6 Å². The number of carbonyl (C=O) groups is 1. The number of H-pyrrole nitrogens is 1. The van der Waals surface area contributed by atoms with Crippen LogP contribution in [0.1, 0.15) is 16.1 Å². The van der Waals surface area contributed by atoms with Gasteiger partial charge in [0.25, 0.3) is 5.91 Å². The van der Waals surface area contributed by atoms with Gasteiger partial charge < -0.3 is 14.8 Å². The molecule has 2 aromatic rings. The first-order valence-corrected chi connectivity index (χ1v) is 7.44. The van der Waals surface area contributed by atoms with Gasteiger partial charge in [-0.25, -0.2) is 0 Å². The number of carbonyl (C=O) groups excluding carboxylic acids is 1. The molecule has 1 aromatic heterocycles. The minimum atomic E-state index is 0.0237. The molecule has 0 radical (unpaired) electrons. The predicted octanol–water partition coefficient (Wildman–Crippen LogP) is 2.50. The number of hydrogen-bond acceptors (Lipinski definition) is 3. The summed E-state index contributed by atoms with van der Waals surface area (Å²) >= 11 is 6.24. The number of anilines is 1. The van der Waals surface area contributed by atoms with E-state index < -0.39 is 0 Å². The van der Waals surface area contributed by atoms with Crippen molar-refractivity contribution in [2.75, 3.05) is 31.1 Å². The molecular weight excluding hydrogens is 300 g/mol. The van der Waals surface area contributed by atoms with Gasteiger partial charge >= 0.3 is 0 Å². The fourth-order valence-corrected chi connectivity index (χ4v) is 2.92. The van der Waals surface area contributed by atoms with Crippen molar-refractivity contribution in [3.05, 3.63) is 52.8 Å². The molecule has 0 saturated carbocycles. The van der Waals surface area contributed by atoms with Crippen LogP contribution in [-0.4, -0.2) is 42.0 Å². The van der Waals surface area contributed by atoms with Crippen LogP contribution in [0.3, 0.4) is 0 Å². The first-order valence-electron chi connectivity index (χ1n) is 7.06. The molecular formula is C16H15ClN4O. The average Bonchev–Trinajstić information content (AvgIpc) is 3.08. The van der Waals surface area contributed by atoms with E-state index in [-0.39, 0.29) is 5.91 Å². The lowest BCUT2D eigenvalue weighted by Crippen LogP contribution is -2.49. The van der Waals surface area contributed by atoms with Crippen LogP contribution < -0.4 is 4.90 Å². The number of amides is 1. The summed E-state index contributed by atoms with van der Waals surface area (Å²) in [6.45, 7) is 2.73. The second-order valence-corrected chi connectivity index (χ2v) is 5.55. The molecule has 0 unspecified atom stereocenters. The highest BCUT2D eigenvalue weighted by Gasteiger charge is 2.23. The Labute approximate surface area is 133 Å². The number of hydrogen-bond donors (Lipinski definition) is 1. The first kappa shape index (κ1) is 14.5. The average molecular weight is 315 g/mol. The summed E-state index contributed by atoms with van der Waals surface area (Å²) < 4.78 is 0. The third kappa shape index (κ3) is 2.78. The molecule has 1 saturated heterocycles. The number of aromatic nitrogens is 1. The van der Waals surface area contributed by atoms with Crippen molar-refractivity contribution in [2.45, 2.75) is 0 Å². The van der Waals surface area contributed by atoms with E-state index in [4.69, 9.17) is 16.9 Å². The van der Waals surface area contributed by atoms with Crippen molar-refractivity contribution in [3.8, 4) is 6.07 Å². The fourth-order valence-electron chi connectivity index (χ4n) is 2.62. The molecule has 2 heterocycles. The lowest BCUT2D eigenvalue weighted by molar-refractivity contribution is 0.0741. The minimum absolute atomic E-state index is 0.0237. The number of nitrogens with zero attached hydrogens (tertiary/aromatic N) is 3. The van der Waals surface area contributed by atoms with Gasteiger partial charge in [-0.1, -0.05) is 11.6 Å². The Morgan fingerprint density at radius 3 is 2.59 bits per heavy atom. The maximum Gasteiger partial charge on any atom is 0.270 e. The molecule has 5 nitrogen and oxygen atoms in total. The van der Waals surface area contributed by atoms with Crippen molar-refractivity contribution in [1.29, 1.82) is 5.26 Å². The van der Waals surface area contributed by atoms with Gasteiger partial charge in [0, 0.05) is 32.4 Å². The van der Waals surface area contributed by atoms with E-state index in [1.165, 1.54) is 0 Å². The first-order chi connectivity index (χ1) is 10.7. The van der Waals surface area contributed by atoms with Crippen molar-refractivity contribution in [2.24, 2.45) is 0 Å². The molecule has 1 N–H and O–H groups in total. The normalized spacial score (nSPS) is 14.7. The molecule has 0 bridgehead atoms. The summed E-state index contributed by atoms with van der Waals surface area (Å²) in [7, 11) is 0. The number of aromatic amines is 1. The van der Waals surface area contributed by atoms with E-state index in [2.05, 4.69) is 16.0 Å². The Bertz CT molecular complexity index is 712. The Hall–Kier alpha value is -2.45. The second kappa shape index (κ2) is 6.12. The van der Waals surface area contributed by atoms with Gasteiger partial charge in [0.05, 0.1) is 22.3 Å². The SMILES string of the molecule is N#Cc1ccc(N2CCN(C(=O)c3ccc[nH]3)CC2)c(Cl)c1. The second-order valence-electron chi connectivity index (χ2n) is 5.14. The highest BCUT2D eigenvalue weighted by Crippen LogP contribution is 2.27. The molecule has 22 heavy (non-hydrogen) atoms. The van der Waals surface area contributed by atoms with Crippen molar-refractivity contribution in [1.82, 2.24) is 9.88 Å². The Morgan fingerprint density at radius 2 is 2.00 bits per heavy atom. The molecule has 0 spiro atoms. The maximum absolute atomic E-state index is 12.3. The van der Waals surface area contributed by atoms with Gasteiger partial charge in [0.1, 0.15) is 5.69 Å². The third-order valence-corrected chi connectivity index (χ3v) is 4.12. The maximum atomic E-state index is 12.3. The molecule has 1 fully saturated rings. The van der Waals surface area contributed by atoms with Gasteiger partial charge in [0.2, 0.25) is 0 Å². The smallest absolute Gasteiger partial charge is 0.270 e. The van der Waals surface area contributed by atoms with Crippen LogP contribution in [0.4, 0.5) is 5.69 Å². The van der Waals surface area contributed by atoms with Crippen LogP contribution in [0, 0.1) is 11.3 Å². The monoisotopic (exact) mass is 314 g/mol. The highest BCUT2D eigenvalue weighted by molar-refractivity contribution is 6.33. The molecule has 1 aromatic carbocycles. The fraction of sp³-hybridized carbons (Fsp3) is 0.250. The number of nitriles is 1. The summed E-state index contributed by atoms with van der Waals surface area (Å²) in [6, 6.07) is 11.0. The van der Waals surface area contributed by atoms with Gasteiger partial charge in [0.15, 0.2) is 0 Å². The number of piperazine rings is 1. The van der Waals surface area contributed by atoms with Crippen LogP contribution in [0.5, 0.6) is 0 Å². The van der Waals surface area contributed by atoms with Gasteiger partial charge in [-0.15, -0.1) is 0 Å². The zero-order valence-electron chi connectivity index (χ0n) is 11.9. The zero-order chi connectivity index (χ0) is 15.5. The topological polar surface area (TPSA) is 63.1 Å². The summed E-state index contributed by atoms with van der Waals surface area (Å²) in [5.74, 6) is 0.0237. The summed E-state index contributed by atoms with van der Waals surface area (Å²) in [5, 5.41) is 9.45. The van der Waals surface area contributed by atoms with Gasteiger partial charge in [-0.2, -0.15) is 5.26 Å². The number of rotatable bonds is 2.